The van der Waals surface area contributed by atoms with Gasteiger partial charge < -0.3 is 4.90 Å². The summed E-state index contributed by atoms with van der Waals surface area (Å²) in [5.74, 6) is 2.50. The average Bonchev–Trinajstić information content (AvgIpc) is 3.42. The number of rotatable bonds is 4. The predicted molar refractivity (Wildman–Crippen MR) is 108 cm³/mol. The van der Waals surface area contributed by atoms with E-state index in [0.717, 1.165) is 60.6 Å². The van der Waals surface area contributed by atoms with Crippen LogP contribution in [-0.2, 0) is 6.54 Å². The van der Waals surface area contributed by atoms with Crippen molar-refractivity contribution in [2.45, 2.75) is 19.4 Å². The maximum Gasteiger partial charge on any atom is 0.162 e. The van der Waals surface area contributed by atoms with Gasteiger partial charge in [0.2, 0.25) is 0 Å². The molecule has 1 aliphatic heterocycles. The summed E-state index contributed by atoms with van der Waals surface area (Å²) in [6.07, 6.45) is 5.95. The molecule has 1 aromatic carbocycles. The Labute approximate surface area is 161 Å². The van der Waals surface area contributed by atoms with Crippen LogP contribution in [0.15, 0.2) is 53.5 Å². The zero-order valence-electron chi connectivity index (χ0n) is 14.9. The smallest absolute Gasteiger partial charge is 0.162 e. The lowest BCUT2D eigenvalue weighted by Crippen LogP contribution is -2.35. The zero-order chi connectivity index (χ0) is 18.1. The van der Waals surface area contributed by atoms with Crippen molar-refractivity contribution in [1.29, 1.82) is 0 Å². The summed E-state index contributed by atoms with van der Waals surface area (Å²) in [6, 6.07) is 10.4. The van der Waals surface area contributed by atoms with Crippen LogP contribution in [0.25, 0.3) is 22.3 Å². The third-order valence-electron chi connectivity index (χ3n) is 5.19. The van der Waals surface area contributed by atoms with E-state index in [0.29, 0.717) is 5.92 Å². The fourth-order valence-corrected chi connectivity index (χ4v) is 4.38. The average molecular weight is 376 g/mol. The molecule has 136 valence electrons. The SMILES string of the molecule is c1ccc2c(N3CCC(Cn4ccnn4)CC3)nc(-c3ccsc3)nc2c1. The third kappa shape index (κ3) is 3.30. The van der Waals surface area contributed by atoms with E-state index in [1.54, 1.807) is 17.5 Å². The second-order valence-corrected chi connectivity index (χ2v) is 7.74. The number of fused-ring (bicyclic) bond motifs is 1. The molecule has 0 amide bonds. The maximum atomic E-state index is 4.96. The van der Waals surface area contributed by atoms with Gasteiger partial charge in [0.05, 0.1) is 11.7 Å². The van der Waals surface area contributed by atoms with Crippen LogP contribution >= 0.6 is 11.3 Å². The van der Waals surface area contributed by atoms with Crippen LogP contribution in [0.2, 0.25) is 0 Å². The van der Waals surface area contributed by atoms with Gasteiger partial charge in [-0.2, -0.15) is 11.3 Å². The molecule has 0 spiro atoms. The molecule has 0 saturated carbocycles. The Bertz CT molecular complexity index is 1020. The molecule has 0 N–H and O–H groups in total. The minimum atomic E-state index is 0.632. The first-order chi connectivity index (χ1) is 13.4. The van der Waals surface area contributed by atoms with E-state index in [2.05, 4.69) is 50.2 Å². The van der Waals surface area contributed by atoms with Crippen LogP contribution in [0.5, 0.6) is 0 Å². The van der Waals surface area contributed by atoms with Crippen LogP contribution < -0.4 is 4.90 Å². The molecule has 0 unspecified atom stereocenters. The predicted octanol–water partition coefficient (Wildman–Crippen LogP) is 3.87. The van der Waals surface area contributed by atoms with Gasteiger partial charge in [-0.1, -0.05) is 17.3 Å². The van der Waals surface area contributed by atoms with E-state index in [-0.39, 0.29) is 0 Å². The minimum absolute atomic E-state index is 0.632. The number of aromatic nitrogens is 5. The van der Waals surface area contributed by atoms with Crippen LogP contribution in [0.1, 0.15) is 12.8 Å². The zero-order valence-corrected chi connectivity index (χ0v) is 15.7. The summed E-state index contributed by atoms with van der Waals surface area (Å²) in [5, 5.41) is 13.3. The lowest BCUT2D eigenvalue weighted by Gasteiger charge is -2.33. The Morgan fingerprint density at radius 3 is 2.74 bits per heavy atom. The summed E-state index contributed by atoms with van der Waals surface area (Å²) < 4.78 is 1.94. The molecular formula is C20H20N6S. The molecule has 4 aromatic rings. The fraction of sp³-hybridized carbons (Fsp3) is 0.300. The number of hydrogen-bond acceptors (Lipinski definition) is 6. The van der Waals surface area contributed by atoms with Gasteiger partial charge in [-0.05, 0) is 42.3 Å². The van der Waals surface area contributed by atoms with Crippen molar-refractivity contribution in [2.75, 3.05) is 18.0 Å². The molecule has 0 atom stereocenters. The van der Waals surface area contributed by atoms with E-state index in [1.807, 2.05) is 16.9 Å². The highest BCUT2D eigenvalue weighted by atomic mass is 32.1. The standard InChI is InChI=1S/C20H20N6S/c1-2-4-18-17(3-1)20(23-19(22-18)16-7-12-27-14-16)25-9-5-15(6-10-25)13-26-11-8-21-24-26/h1-4,7-8,11-12,14-15H,5-6,9-10,13H2. The van der Waals surface area contributed by atoms with Gasteiger partial charge in [-0.25, -0.2) is 9.97 Å². The van der Waals surface area contributed by atoms with Gasteiger partial charge >= 0.3 is 0 Å². The van der Waals surface area contributed by atoms with Crippen molar-refractivity contribution in [3.8, 4) is 11.4 Å². The molecule has 3 aromatic heterocycles. The Kier molecular flexibility index (Phi) is 4.29. The van der Waals surface area contributed by atoms with E-state index >= 15 is 0 Å². The minimum Gasteiger partial charge on any atom is -0.356 e. The number of hydrogen-bond donors (Lipinski definition) is 0. The van der Waals surface area contributed by atoms with E-state index in [4.69, 9.17) is 9.97 Å². The van der Waals surface area contributed by atoms with Crippen LogP contribution in [0.3, 0.4) is 0 Å². The van der Waals surface area contributed by atoms with Gasteiger partial charge in [0.15, 0.2) is 5.82 Å². The molecule has 6 nitrogen and oxygen atoms in total. The summed E-state index contributed by atoms with van der Waals surface area (Å²) in [7, 11) is 0. The Morgan fingerprint density at radius 2 is 1.96 bits per heavy atom. The number of thiophene rings is 1. The number of benzene rings is 1. The lowest BCUT2D eigenvalue weighted by molar-refractivity contribution is 0.338. The molecule has 1 fully saturated rings. The van der Waals surface area contributed by atoms with Gasteiger partial charge in [0, 0.05) is 42.2 Å². The van der Waals surface area contributed by atoms with Crippen molar-refractivity contribution < 1.29 is 0 Å². The molecule has 7 heteroatoms. The first kappa shape index (κ1) is 16.4. The molecule has 0 bridgehead atoms. The highest BCUT2D eigenvalue weighted by Gasteiger charge is 2.23. The van der Waals surface area contributed by atoms with Gasteiger partial charge in [0.1, 0.15) is 5.82 Å². The molecule has 5 rings (SSSR count). The summed E-state index contributed by atoms with van der Waals surface area (Å²) in [6.45, 7) is 2.95. The lowest BCUT2D eigenvalue weighted by atomic mass is 9.96. The van der Waals surface area contributed by atoms with Gasteiger partial charge in [0.25, 0.3) is 0 Å². The first-order valence-corrected chi connectivity index (χ1v) is 10.2. The molecule has 27 heavy (non-hydrogen) atoms. The van der Waals surface area contributed by atoms with E-state index in [1.165, 1.54) is 0 Å². The van der Waals surface area contributed by atoms with E-state index < -0.39 is 0 Å². The Morgan fingerprint density at radius 1 is 1.07 bits per heavy atom. The summed E-state index contributed by atoms with van der Waals surface area (Å²) in [5.41, 5.74) is 2.10. The molecule has 1 saturated heterocycles. The highest BCUT2D eigenvalue weighted by Crippen LogP contribution is 2.31. The Balaban J connectivity index is 1.43. The van der Waals surface area contributed by atoms with Crippen molar-refractivity contribution in [3.63, 3.8) is 0 Å². The largest absolute Gasteiger partial charge is 0.356 e. The number of piperidine rings is 1. The third-order valence-corrected chi connectivity index (χ3v) is 5.88. The highest BCUT2D eigenvalue weighted by molar-refractivity contribution is 7.08. The monoisotopic (exact) mass is 376 g/mol. The van der Waals surface area contributed by atoms with Crippen LogP contribution in [0, 0.1) is 5.92 Å². The second kappa shape index (κ2) is 7.08. The topological polar surface area (TPSA) is 59.7 Å². The van der Waals surface area contributed by atoms with Crippen LogP contribution in [-0.4, -0.2) is 38.1 Å². The van der Waals surface area contributed by atoms with Gasteiger partial charge in [-0.15, -0.1) is 5.10 Å². The number of anilines is 1. The van der Waals surface area contributed by atoms with Crippen molar-refractivity contribution in [2.24, 2.45) is 5.92 Å². The van der Waals surface area contributed by atoms with Crippen molar-refractivity contribution in [3.05, 3.63) is 53.5 Å². The molecule has 4 heterocycles. The van der Waals surface area contributed by atoms with Crippen LogP contribution in [0.4, 0.5) is 5.82 Å². The van der Waals surface area contributed by atoms with Crippen molar-refractivity contribution in [1.82, 2.24) is 25.0 Å². The first-order valence-electron chi connectivity index (χ1n) is 9.25. The van der Waals surface area contributed by atoms with Crippen molar-refractivity contribution >= 4 is 28.1 Å². The summed E-state index contributed by atoms with van der Waals surface area (Å²) >= 11 is 1.68. The Hall–Kier alpha value is -2.80. The number of para-hydroxylation sites is 1. The maximum absolute atomic E-state index is 4.96. The summed E-state index contributed by atoms with van der Waals surface area (Å²) in [4.78, 5) is 12.2. The molecule has 0 aliphatic carbocycles. The molecule has 1 aliphatic rings. The molecule has 0 radical (unpaired) electrons. The number of nitrogens with zero attached hydrogens (tertiary/aromatic N) is 6. The fourth-order valence-electron chi connectivity index (χ4n) is 3.74. The normalized spacial score (nSPS) is 15.5. The molecular weight excluding hydrogens is 356 g/mol. The van der Waals surface area contributed by atoms with E-state index in [9.17, 15) is 0 Å². The quantitative estimate of drug-likeness (QED) is 0.541. The second-order valence-electron chi connectivity index (χ2n) is 6.96. The van der Waals surface area contributed by atoms with Gasteiger partial charge in [-0.3, -0.25) is 4.68 Å².